The number of benzene rings is 2. The molecule has 0 spiro atoms. The summed E-state index contributed by atoms with van der Waals surface area (Å²) in [4.78, 5) is 26.4. The molecule has 0 bridgehead atoms. The van der Waals surface area contributed by atoms with Gasteiger partial charge in [0.15, 0.2) is 0 Å². The first-order valence-electron chi connectivity index (χ1n) is 9.57. The summed E-state index contributed by atoms with van der Waals surface area (Å²) in [6, 6.07) is 15.3. The second-order valence-corrected chi connectivity index (χ2v) is 9.06. The Hall–Kier alpha value is -2.77. The first kappa shape index (κ1) is 21.9. The van der Waals surface area contributed by atoms with Gasteiger partial charge in [-0.3, -0.25) is 4.79 Å². The predicted octanol–water partition coefficient (Wildman–Crippen LogP) is 5.60. The molecular weight excluding hydrogens is 416 g/mol. The van der Waals surface area contributed by atoms with Crippen molar-refractivity contribution in [2.75, 3.05) is 17.7 Å². The Morgan fingerprint density at radius 3 is 2.60 bits per heavy atom. The van der Waals surface area contributed by atoms with Gasteiger partial charge in [-0.15, -0.1) is 23.1 Å². The van der Waals surface area contributed by atoms with Crippen molar-refractivity contribution < 1.29 is 14.3 Å². The maximum Gasteiger partial charge on any atom is 0.341 e. The molecule has 1 unspecified atom stereocenters. The highest BCUT2D eigenvalue weighted by Gasteiger charge is 2.24. The molecule has 5 nitrogen and oxygen atoms in total. The number of rotatable bonds is 7. The molecule has 0 saturated heterocycles. The van der Waals surface area contributed by atoms with Crippen molar-refractivity contribution in [1.29, 1.82) is 0 Å². The highest BCUT2D eigenvalue weighted by molar-refractivity contribution is 8.00. The molecule has 30 heavy (non-hydrogen) atoms. The van der Waals surface area contributed by atoms with Crippen LogP contribution >= 0.6 is 23.1 Å². The number of hydrogen-bond acceptors (Lipinski definition) is 6. The Balaban J connectivity index is 1.84. The minimum atomic E-state index is -0.444. The van der Waals surface area contributed by atoms with Crippen LogP contribution in [0, 0.1) is 6.92 Å². The second kappa shape index (κ2) is 9.82. The van der Waals surface area contributed by atoms with Gasteiger partial charge in [0.1, 0.15) is 10.6 Å². The lowest BCUT2D eigenvalue weighted by Gasteiger charge is -2.13. The number of nitrogens with two attached hydrogens (primary N) is 1. The van der Waals surface area contributed by atoms with Crippen molar-refractivity contribution in [3.8, 4) is 11.1 Å². The minimum Gasteiger partial charge on any atom is -0.462 e. The van der Waals surface area contributed by atoms with Crippen molar-refractivity contribution in [3.05, 3.63) is 65.0 Å². The van der Waals surface area contributed by atoms with E-state index in [1.54, 1.807) is 13.0 Å². The van der Waals surface area contributed by atoms with Crippen molar-refractivity contribution in [2.24, 2.45) is 0 Å². The molecule has 156 valence electrons. The van der Waals surface area contributed by atoms with Gasteiger partial charge >= 0.3 is 5.97 Å². The summed E-state index contributed by atoms with van der Waals surface area (Å²) in [5.74, 6) is -0.633. The molecule has 0 aliphatic rings. The fourth-order valence-corrected chi connectivity index (χ4v) is 4.76. The van der Waals surface area contributed by atoms with E-state index >= 15 is 0 Å². The van der Waals surface area contributed by atoms with Crippen LogP contribution in [0.15, 0.2) is 58.8 Å². The summed E-state index contributed by atoms with van der Waals surface area (Å²) in [6.45, 7) is 5.85. The van der Waals surface area contributed by atoms with E-state index in [-0.39, 0.29) is 17.8 Å². The second-order valence-electron chi connectivity index (χ2n) is 6.76. The molecule has 1 atom stereocenters. The Bertz CT molecular complexity index is 1040. The van der Waals surface area contributed by atoms with E-state index in [9.17, 15) is 9.59 Å². The first-order chi connectivity index (χ1) is 14.4. The Morgan fingerprint density at radius 2 is 1.93 bits per heavy atom. The van der Waals surface area contributed by atoms with Crippen LogP contribution in [0.5, 0.6) is 0 Å². The van der Waals surface area contributed by atoms with Crippen LogP contribution < -0.4 is 11.1 Å². The molecule has 1 aromatic heterocycles. The fraction of sp³-hybridized carbons (Fsp3) is 0.217. The van der Waals surface area contributed by atoms with E-state index < -0.39 is 5.97 Å². The van der Waals surface area contributed by atoms with E-state index in [0.717, 1.165) is 21.6 Å². The van der Waals surface area contributed by atoms with Crippen LogP contribution in [-0.2, 0) is 9.53 Å². The molecule has 0 radical (unpaired) electrons. The Kier molecular flexibility index (Phi) is 7.18. The third-order valence-corrected chi connectivity index (χ3v) is 6.40. The summed E-state index contributed by atoms with van der Waals surface area (Å²) < 4.78 is 5.26. The standard InChI is InChI=1S/C23H24N2O3S2/c1-4-28-23(27)20-19(16-10-8-14(2)9-11-16)13-29-22(20)25-21(26)15(3)30-18-7-5-6-17(24)12-18/h5-13,15H,4,24H2,1-3H3,(H,25,26). The van der Waals surface area contributed by atoms with Gasteiger partial charge < -0.3 is 15.8 Å². The van der Waals surface area contributed by atoms with Crippen LogP contribution in [0.3, 0.4) is 0 Å². The predicted molar refractivity (Wildman–Crippen MR) is 125 cm³/mol. The number of ether oxygens (including phenoxy) is 1. The topological polar surface area (TPSA) is 81.4 Å². The lowest BCUT2D eigenvalue weighted by molar-refractivity contribution is -0.115. The molecule has 3 rings (SSSR count). The third-order valence-electron chi connectivity index (χ3n) is 4.41. The highest BCUT2D eigenvalue weighted by atomic mass is 32.2. The maximum absolute atomic E-state index is 12.8. The van der Waals surface area contributed by atoms with Gasteiger partial charge in [-0.05, 0) is 44.5 Å². The molecule has 0 aliphatic heterocycles. The number of amides is 1. The number of thiophene rings is 1. The normalized spacial score (nSPS) is 11.7. The van der Waals surface area contributed by atoms with Crippen molar-refractivity contribution in [2.45, 2.75) is 30.9 Å². The molecule has 2 aromatic carbocycles. The molecule has 0 aliphatic carbocycles. The highest BCUT2D eigenvalue weighted by Crippen LogP contribution is 2.37. The number of nitrogens with one attached hydrogen (secondary N) is 1. The molecule has 7 heteroatoms. The molecular formula is C23H24N2O3S2. The number of nitrogen functional groups attached to an aromatic ring is 1. The number of carbonyl (C=O) groups excluding carboxylic acids is 2. The zero-order valence-electron chi connectivity index (χ0n) is 17.1. The zero-order valence-corrected chi connectivity index (χ0v) is 18.7. The van der Waals surface area contributed by atoms with Gasteiger partial charge in [-0.2, -0.15) is 0 Å². The molecule has 3 aromatic rings. The van der Waals surface area contributed by atoms with Gasteiger partial charge in [0.2, 0.25) is 5.91 Å². The smallest absolute Gasteiger partial charge is 0.341 e. The largest absolute Gasteiger partial charge is 0.462 e. The molecule has 1 heterocycles. The van der Waals surface area contributed by atoms with Crippen LogP contribution in [0.1, 0.15) is 29.8 Å². The van der Waals surface area contributed by atoms with E-state index in [4.69, 9.17) is 10.5 Å². The van der Waals surface area contributed by atoms with E-state index in [2.05, 4.69) is 5.32 Å². The van der Waals surface area contributed by atoms with Crippen LogP contribution in [0.4, 0.5) is 10.7 Å². The van der Waals surface area contributed by atoms with Crippen molar-refractivity contribution in [1.82, 2.24) is 0 Å². The quantitative estimate of drug-likeness (QED) is 0.284. The van der Waals surface area contributed by atoms with Gasteiger partial charge in [0.25, 0.3) is 0 Å². The molecule has 0 fully saturated rings. The zero-order chi connectivity index (χ0) is 21.7. The number of thioether (sulfide) groups is 1. The summed E-state index contributed by atoms with van der Waals surface area (Å²) in [5, 5.41) is 4.92. The fourth-order valence-electron chi connectivity index (χ4n) is 2.86. The van der Waals surface area contributed by atoms with Crippen molar-refractivity contribution in [3.63, 3.8) is 0 Å². The van der Waals surface area contributed by atoms with Gasteiger partial charge in [0.05, 0.1) is 11.9 Å². The SMILES string of the molecule is CCOC(=O)c1c(-c2ccc(C)cc2)csc1NC(=O)C(C)Sc1cccc(N)c1. The number of aryl methyl sites for hydroxylation is 1. The lowest BCUT2D eigenvalue weighted by atomic mass is 10.0. The van der Waals surface area contributed by atoms with Gasteiger partial charge in [-0.25, -0.2) is 4.79 Å². The molecule has 3 N–H and O–H groups in total. The van der Waals surface area contributed by atoms with Crippen LogP contribution in [0.2, 0.25) is 0 Å². The summed E-state index contributed by atoms with van der Waals surface area (Å²) in [7, 11) is 0. The minimum absolute atomic E-state index is 0.190. The lowest BCUT2D eigenvalue weighted by Crippen LogP contribution is -2.23. The monoisotopic (exact) mass is 440 g/mol. The van der Waals surface area contributed by atoms with Crippen LogP contribution in [-0.4, -0.2) is 23.7 Å². The van der Waals surface area contributed by atoms with Gasteiger partial charge in [0, 0.05) is 21.5 Å². The number of hydrogen-bond donors (Lipinski definition) is 2. The van der Waals surface area contributed by atoms with E-state index in [1.807, 2.05) is 61.7 Å². The number of anilines is 2. The molecule has 1 amide bonds. The summed E-state index contributed by atoms with van der Waals surface area (Å²) in [5.41, 5.74) is 9.65. The van der Waals surface area contributed by atoms with Crippen LogP contribution in [0.25, 0.3) is 11.1 Å². The number of carbonyl (C=O) groups is 2. The van der Waals surface area contributed by atoms with Crippen molar-refractivity contribution >= 4 is 45.7 Å². The van der Waals surface area contributed by atoms with Gasteiger partial charge in [-0.1, -0.05) is 35.9 Å². The number of esters is 1. The average molecular weight is 441 g/mol. The Labute approximate surface area is 184 Å². The first-order valence-corrected chi connectivity index (χ1v) is 11.3. The average Bonchev–Trinajstić information content (AvgIpc) is 3.12. The molecule has 0 saturated carbocycles. The van der Waals surface area contributed by atoms with E-state index in [0.29, 0.717) is 16.3 Å². The van der Waals surface area contributed by atoms with E-state index in [1.165, 1.54) is 23.1 Å². The maximum atomic E-state index is 12.8. The third kappa shape index (κ3) is 5.23. The Morgan fingerprint density at radius 1 is 1.20 bits per heavy atom. The summed E-state index contributed by atoms with van der Waals surface area (Å²) in [6.07, 6.45) is 0. The summed E-state index contributed by atoms with van der Waals surface area (Å²) >= 11 is 2.73.